The molecule has 6 rings (SSSR count). The fourth-order valence-electron chi connectivity index (χ4n) is 6.63. The maximum absolute atomic E-state index is 14.0. The summed E-state index contributed by atoms with van der Waals surface area (Å²) in [5, 5.41) is 11.4. The molecule has 2 saturated heterocycles. The minimum absolute atomic E-state index is 0.0136. The Morgan fingerprint density at radius 3 is 2.27 bits per heavy atom. The summed E-state index contributed by atoms with van der Waals surface area (Å²) in [5.41, 5.74) is 2.02. The number of amides is 1. The third kappa shape index (κ3) is 6.70. The van der Waals surface area contributed by atoms with Crippen LogP contribution in [0.1, 0.15) is 65.1 Å². The first kappa shape index (κ1) is 30.7. The van der Waals surface area contributed by atoms with Gasteiger partial charge in [-0.1, -0.05) is 72.8 Å². The Balaban J connectivity index is 1.18. The lowest BCUT2D eigenvalue weighted by Gasteiger charge is -2.28. The lowest BCUT2D eigenvalue weighted by Crippen LogP contribution is -2.42. The van der Waals surface area contributed by atoms with Crippen molar-refractivity contribution < 1.29 is 22.6 Å². The zero-order valence-corrected chi connectivity index (χ0v) is 25.8. The van der Waals surface area contributed by atoms with Crippen LogP contribution in [-0.4, -0.2) is 61.3 Å². The molecule has 2 unspecified atom stereocenters. The van der Waals surface area contributed by atoms with Crippen molar-refractivity contribution in [3.63, 3.8) is 0 Å². The summed E-state index contributed by atoms with van der Waals surface area (Å²) < 4.78 is 34.5. The minimum atomic E-state index is -4.25. The summed E-state index contributed by atoms with van der Waals surface area (Å²) in [5.74, 6) is 0.786. The maximum Gasteiger partial charge on any atom is 0.289 e. The molecular formula is C34H36N4O6S. The van der Waals surface area contributed by atoms with Crippen LogP contribution in [0.3, 0.4) is 0 Å². The van der Waals surface area contributed by atoms with Crippen molar-refractivity contribution in [3.8, 4) is 0 Å². The standard InChI is InChI=1S/C34H36N4O6S/c1-24(35-45(42,43)33-15-9-8-14-30(33)38(40)41)31-16-17-32(44-31)34(39)37-22-28(26-12-6-3-7-13-26)20-29(37)23-36-19-18-27(21-36)25-10-4-2-5-11-25/h2-17,24,27-29,35H,18-23H2,1H3/t24?,27?,28-,29-/m0/s1. The lowest BCUT2D eigenvalue weighted by atomic mass is 9.96. The van der Waals surface area contributed by atoms with E-state index in [-0.39, 0.29) is 29.4 Å². The molecule has 1 aromatic heterocycles. The van der Waals surface area contributed by atoms with Crippen molar-refractivity contribution in [2.75, 3.05) is 26.2 Å². The normalized spacial score (nSPS) is 21.2. The molecule has 4 atom stereocenters. The molecule has 3 heterocycles. The van der Waals surface area contributed by atoms with E-state index in [1.165, 1.54) is 29.3 Å². The number of hydrogen-bond acceptors (Lipinski definition) is 7. The second-order valence-electron chi connectivity index (χ2n) is 11.9. The van der Waals surface area contributed by atoms with E-state index in [0.717, 1.165) is 38.5 Å². The van der Waals surface area contributed by atoms with Crippen molar-refractivity contribution >= 4 is 21.6 Å². The number of nitro benzene ring substituents is 1. The first-order valence-electron chi connectivity index (χ1n) is 15.2. The number of hydrogen-bond donors (Lipinski definition) is 1. The van der Waals surface area contributed by atoms with Gasteiger partial charge in [-0.15, -0.1) is 0 Å². The number of likely N-dealkylation sites (tertiary alicyclic amines) is 2. The summed E-state index contributed by atoms with van der Waals surface area (Å²) in [6.07, 6.45) is 1.91. The average Bonchev–Trinajstić information content (AvgIpc) is 3.82. The molecule has 2 aliphatic rings. The molecule has 3 aromatic carbocycles. The van der Waals surface area contributed by atoms with Gasteiger partial charge in [0.25, 0.3) is 11.6 Å². The Morgan fingerprint density at radius 1 is 0.933 bits per heavy atom. The van der Waals surface area contributed by atoms with Crippen LogP contribution in [0.2, 0.25) is 0 Å². The highest BCUT2D eigenvalue weighted by atomic mass is 32.2. The quantitative estimate of drug-likeness (QED) is 0.176. The molecule has 10 nitrogen and oxygen atoms in total. The zero-order chi connectivity index (χ0) is 31.6. The number of para-hydroxylation sites is 1. The molecule has 0 saturated carbocycles. The topological polar surface area (TPSA) is 126 Å². The van der Waals surface area contributed by atoms with Crippen LogP contribution < -0.4 is 4.72 Å². The molecule has 1 amide bonds. The molecule has 45 heavy (non-hydrogen) atoms. The number of nitrogens with zero attached hydrogens (tertiary/aromatic N) is 3. The van der Waals surface area contributed by atoms with Crippen molar-refractivity contribution in [1.29, 1.82) is 0 Å². The summed E-state index contributed by atoms with van der Waals surface area (Å²) in [7, 11) is -4.25. The first-order chi connectivity index (χ1) is 21.7. The maximum atomic E-state index is 14.0. The Labute approximate surface area is 262 Å². The predicted molar refractivity (Wildman–Crippen MR) is 169 cm³/mol. The lowest BCUT2D eigenvalue weighted by molar-refractivity contribution is -0.387. The molecule has 234 valence electrons. The highest BCUT2D eigenvalue weighted by Crippen LogP contribution is 2.36. The molecule has 0 spiro atoms. The van der Waals surface area contributed by atoms with Crippen molar-refractivity contribution in [2.24, 2.45) is 0 Å². The Hall–Kier alpha value is -4.32. The van der Waals surface area contributed by atoms with E-state index < -0.39 is 31.6 Å². The Kier molecular flexibility index (Phi) is 8.84. The molecule has 0 radical (unpaired) electrons. The second-order valence-corrected chi connectivity index (χ2v) is 13.6. The summed E-state index contributed by atoms with van der Waals surface area (Å²) in [6, 6.07) is 28.2. The average molecular weight is 629 g/mol. The van der Waals surface area contributed by atoms with E-state index >= 15 is 0 Å². The van der Waals surface area contributed by atoms with Crippen LogP contribution in [0.4, 0.5) is 5.69 Å². The van der Waals surface area contributed by atoms with Crippen LogP contribution in [0, 0.1) is 10.1 Å². The third-order valence-corrected chi connectivity index (χ3v) is 10.5. The number of nitrogens with one attached hydrogen (secondary N) is 1. The molecule has 1 N–H and O–H groups in total. The van der Waals surface area contributed by atoms with Gasteiger partial charge in [-0.3, -0.25) is 14.9 Å². The summed E-state index contributed by atoms with van der Waals surface area (Å²) in [4.78, 5) is 28.5. The number of benzene rings is 3. The highest BCUT2D eigenvalue weighted by Gasteiger charge is 2.39. The molecule has 0 bridgehead atoms. The zero-order valence-electron chi connectivity index (χ0n) is 25.0. The van der Waals surface area contributed by atoms with Crippen LogP contribution in [0.15, 0.2) is 106 Å². The van der Waals surface area contributed by atoms with Gasteiger partial charge in [-0.25, -0.2) is 13.1 Å². The van der Waals surface area contributed by atoms with Crippen molar-refractivity contribution in [1.82, 2.24) is 14.5 Å². The Morgan fingerprint density at radius 2 is 1.58 bits per heavy atom. The first-order valence-corrected chi connectivity index (χ1v) is 16.7. The molecule has 11 heteroatoms. The van der Waals surface area contributed by atoms with E-state index in [4.69, 9.17) is 4.42 Å². The highest BCUT2D eigenvalue weighted by molar-refractivity contribution is 7.89. The van der Waals surface area contributed by atoms with Gasteiger partial charge in [0.15, 0.2) is 10.7 Å². The van der Waals surface area contributed by atoms with Gasteiger partial charge in [0.2, 0.25) is 10.0 Å². The number of nitro groups is 1. The SMILES string of the molecule is CC(NS(=O)(=O)c1ccccc1[N+](=O)[O-])c1ccc(C(=O)N2C[C@@H](c3ccccc3)C[C@H]2CN2CCC(c3ccccc3)C2)o1. The molecule has 4 aromatic rings. The fraction of sp³-hybridized carbons (Fsp3) is 0.324. The fourth-order valence-corrected chi connectivity index (χ4v) is 8.01. The summed E-state index contributed by atoms with van der Waals surface area (Å²) in [6.45, 7) is 4.80. The molecule has 2 aliphatic heterocycles. The number of rotatable bonds is 10. The van der Waals surface area contributed by atoms with Crippen molar-refractivity contribution in [2.45, 2.75) is 48.6 Å². The van der Waals surface area contributed by atoms with E-state index in [0.29, 0.717) is 12.5 Å². The number of carbonyl (C=O) groups is 1. The largest absolute Gasteiger partial charge is 0.454 e. The van der Waals surface area contributed by atoms with E-state index in [9.17, 15) is 23.3 Å². The van der Waals surface area contributed by atoms with Gasteiger partial charge >= 0.3 is 0 Å². The second kappa shape index (κ2) is 13.0. The van der Waals surface area contributed by atoms with E-state index in [1.54, 1.807) is 19.1 Å². The molecular weight excluding hydrogens is 592 g/mol. The monoisotopic (exact) mass is 628 g/mol. The van der Waals surface area contributed by atoms with Gasteiger partial charge in [0, 0.05) is 37.7 Å². The Bertz CT molecular complexity index is 1760. The van der Waals surface area contributed by atoms with Crippen LogP contribution in [0.25, 0.3) is 0 Å². The van der Waals surface area contributed by atoms with Gasteiger partial charge in [-0.05, 0) is 61.6 Å². The van der Waals surface area contributed by atoms with E-state index in [2.05, 4.69) is 46.0 Å². The van der Waals surface area contributed by atoms with Crippen LogP contribution >= 0.6 is 0 Å². The van der Waals surface area contributed by atoms with Crippen LogP contribution in [-0.2, 0) is 10.0 Å². The van der Waals surface area contributed by atoms with Gasteiger partial charge in [0.1, 0.15) is 5.76 Å². The minimum Gasteiger partial charge on any atom is -0.454 e. The number of carbonyl (C=O) groups excluding carboxylic acids is 1. The van der Waals surface area contributed by atoms with Crippen molar-refractivity contribution in [3.05, 3.63) is 130 Å². The summed E-state index contributed by atoms with van der Waals surface area (Å²) >= 11 is 0. The predicted octanol–water partition coefficient (Wildman–Crippen LogP) is 5.72. The van der Waals surface area contributed by atoms with Gasteiger partial charge in [-0.2, -0.15) is 0 Å². The molecule has 0 aliphatic carbocycles. The van der Waals surface area contributed by atoms with Gasteiger partial charge in [0.05, 0.1) is 11.0 Å². The van der Waals surface area contributed by atoms with Crippen LogP contribution in [0.5, 0.6) is 0 Å². The van der Waals surface area contributed by atoms with Gasteiger partial charge < -0.3 is 14.2 Å². The smallest absolute Gasteiger partial charge is 0.289 e. The van der Waals surface area contributed by atoms with E-state index in [1.807, 2.05) is 29.2 Å². The third-order valence-electron chi connectivity index (χ3n) is 8.91. The molecule has 2 fully saturated rings. The number of furan rings is 1. The number of sulfonamides is 1.